The van der Waals surface area contributed by atoms with Crippen molar-refractivity contribution >= 4 is 0 Å². The monoisotopic (exact) mass is 535 g/mol. The van der Waals surface area contributed by atoms with Crippen LogP contribution in [0.5, 0.6) is 0 Å². The molecule has 0 heterocycles. The normalized spacial score (nSPS) is 22.1. The van der Waals surface area contributed by atoms with E-state index in [9.17, 15) is 0 Å². The molecule has 0 unspecified atom stereocenters. The molecule has 0 radical (unpaired) electrons. The van der Waals surface area contributed by atoms with E-state index in [1.54, 1.807) is 0 Å². The van der Waals surface area contributed by atoms with Gasteiger partial charge < -0.3 is 0 Å². The standard InChI is InChI=1S/C36H70O2/c1-13-21-31(5,6)35(32(7,8)22-14-2)25-17-29(18-26-35)37-38-30-19-27-36(28-20-30,33(9,10)23-15-3)34(11,12)24-16-4/h29-30H,13-28H2,1-12H3. The predicted octanol–water partition coefficient (Wildman–Crippen LogP) is 12.1. The van der Waals surface area contributed by atoms with Crippen LogP contribution in [0.1, 0.15) is 186 Å². The van der Waals surface area contributed by atoms with Crippen molar-refractivity contribution in [3.8, 4) is 0 Å². The number of rotatable bonds is 15. The van der Waals surface area contributed by atoms with Crippen LogP contribution in [-0.2, 0) is 9.78 Å². The van der Waals surface area contributed by atoms with E-state index in [0.29, 0.717) is 32.5 Å². The van der Waals surface area contributed by atoms with Crippen molar-refractivity contribution in [2.45, 2.75) is 198 Å². The first-order chi connectivity index (χ1) is 17.6. The summed E-state index contributed by atoms with van der Waals surface area (Å²) in [6.07, 6.45) is 20.5. The highest BCUT2D eigenvalue weighted by Crippen LogP contribution is 2.64. The fourth-order valence-electron chi connectivity index (χ4n) is 10.5. The molecule has 0 aliphatic heterocycles. The summed E-state index contributed by atoms with van der Waals surface area (Å²) in [4.78, 5) is 12.6. The Kier molecular flexibility index (Phi) is 11.9. The molecule has 0 bridgehead atoms. The van der Waals surface area contributed by atoms with Crippen molar-refractivity contribution in [1.29, 1.82) is 0 Å². The fraction of sp³-hybridized carbons (Fsp3) is 1.00. The van der Waals surface area contributed by atoms with Gasteiger partial charge in [-0.2, -0.15) is 0 Å². The molecule has 2 nitrogen and oxygen atoms in total. The quantitative estimate of drug-likeness (QED) is 0.154. The minimum absolute atomic E-state index is 0.262. The van der Waals surface area contributed by atoms with Crippen molar-refractivity contribution in [3.05, 3.63) is 0 Å². The second kappa shape index (κ2) is 13.3. The Hall–Kier alpha value is -0.0800. The molecule has 2 saturated carbocycles. The number of hydrogen-bond donors (Lipinski definition) is 0. The molecule has 2 rings (SSSR count). The van der Waals surface area contributed by atoms with E-state index in [2.05, 4.69) is 83.1 Å². The van der Waals surface area contributed by atoms with Crippen molar-refractivity contribution in [3.63, 3.8) is 0 Å². The molecular formula is C36H70O2. The Bertz CT molecular complexity index is 584. The lowest BCUT2D eigenvalue weighted by atomic mass is 9.46. The van der Waals surface area contributed by atoms with Crippen molar-refractivity contribution in [1.82, 2.24) is 0 Å². The fourth-order valence-corrected chi connectivity index (χ4v) is 10.5. The molecule has 0 spiro atoms. The van der Waals surface area contributed by atoms with Gasteiger partial charge in [-0.25, -0.2) is 9.78 Å². The molecule has 0 saturated heterocycles. The van der Waals surface area contributed by atoms with E-state index < -0.39 is 0 Å². The van der Waals surface area contributed by atoms with E-state index in [-0.39, 0.29) is 12.2 Å². The van der Waals surface area contributed by atoms with Gasteiger partial charge in [-0.15, -0.1) is 0 Å². The van der Waals surface area contributed by atoms with Gasteiger partial charge in [0.2, 0.25) is 0 Å². The second-order valence-corrected chi connectivity index (χ2v) is 16.3. The van der Waals surface area contributed by atoms with Crippen molar-refractivity contribution in [2.75, 3.05) is 0 Å². The molecule has 0 aromatic carbocycles. The topological polar surface area (TPSA) is 18.5 Å². The van der Waals surface area contributed by atoms with Crippen LogP contribution in [0.2, 0.25) is 0 Å². The maximum atomic E-state index is 6.30. The summed E-state index contributed by atoms with van der Waals surface area (Å²) in [5.41, 5.74) is 2.19. The Balaban J connectivity index is 2.04. The number of hydrogen-bond acceptors (Lipinski definition) is 2. The summed E-state index contributed by atoms with van der Waals surface area (Å²) in [5, 5.41) is 0. The highest BCUT2D eigenvalue weighted by molar-refractivity contribution is 5.05. The SMILES string of the molecule is CCCC(C)(C)C1(C(C)(C)CCC)CCC(OOC2CCC(C(C)(C)CCC)(C(C)(C)CCC)CC2)CC1. The van der Waals surface area contributed by atoms with Gasteiger partial charge in [0.15, 0.2) is 0 Å². The van der Waals surface area contributed by atoms with Gasteiger partial charge >= 0.3 is 0 Å². The lowest BCUT2D eigenvalue weighted by Gasteiger charge is -2.60. The average Bonchev–Trinajstić information content (AvgIpc) is 2.82. The van der Waals surface area contributed by atoms with E-state index in [4.69, 9.17) is 9.78 Å². The van der Waals surface area contributed by atoms with Crippen LogP contribution in [0.15, 0.2) is 0 Å². The minimum atomic E-state index is 0.262. The minimum Gasteiger partial charge on any atom is -0.233 e. The first kappa shape index (κ1) is 34.1. The molecule has 2 aliphatic carbocycles. The molecule has 226 valence electrons. The van der Waals surface area contributed by atoms with E-state index in [1.165, 1.54) is 77.0 Å². The average molecular weight is 535 g/mol. The first-order valence-electron chi connectivity index (χ1n) is 16.9. The lowest BCUT2D eigenvalue weighted by molar-refractivity contribution is -0.366. The molecular weight excluding hydrogens is 464 g/mol. The van der Waals surface area contributed by atoms with Crippen molar-refractivity contribution in [2.24, 2.45) is 32.5 Å². The molecule has 2 heteroatoms. The van der Waals surface area contributed by atoms with Crippen LogP contribution in [0, 0.1) is 32.5 Å². The van der Waals surface area contributed by atoms with Crippen LogP contribution < -0.4 is 0 Å². The lowest BCUT2D eigenvalue weighted by Crippen LogP contribution is -2.52. The summed E-state index contributed by atoms with van der Waals surface area (Å²) < 4.78 is 0. The zero-order valence-corrected chi connectivity index (χ0v) is 28.3. The summed E-state index contributed by atoms with van der Waals surface area (Å²) in [7, 11) is 0. The van der Waals surface area contributed by atoms with Gasteiger partial charge in [0.1, 0.15) is 0 Å². The molecule has 0 atom stereocenters. The Morgan fingerprint density at radius 2 is 0.658 bits per heavy atom. The Morgan fingerprint density at radius 3 is 0.842 bits per heavy atom. The van der Waals surface area contributed by atoms with Gasteiger partial charge in [0, 0.05) is 0 Å². The smallest absolute Gasteiger partial charge is 0.0930 e. The highest BCUT2D eigenvalue weighted by atomic mass is 17.2. The zero-order chi connectivity index (χ0) is 28.9. The molecule has 2 fully saturated rings. The first-order valence-corrected chi connectivity index (χ1v) is 16.9. The van der Waals surface area contributed by atoms with Crippen LogP contribution in [0.4, 0.5) is 0 Å². The largest absolute Gasteiger partial charge is 0.233 e. The molecule has 2 aliphatic rings. The summed E-state index contributed by atoms with van der Waals surface area (Å²) >= 11 is 0. The van der Waals surface area contributed by atoms with E-state index in [0.717, 1.165) is 25.7 Å². The zero-order valence-electron chi connectivity index (χ0n) is 28.3. The molecule has 0 aromatic heterocycles. The van der Waals surface area contributed by atoms with Crippen LogP contribution in [0.3, 0.4) is 0 Å². The maximum Gasteiger partial charge on any atom is 0.0930 e. The van der Waals surface area contributed by atoms with Crippen LogP contribution in [-0.4, -0.2) is 12.2 Å². The van der Waals surface area contributed by atoms with Gasteiger partial charge in [-0.1, -0.05) is 109 Å². The van der Waals surface area contributed by atoms with Gasteiger partial charge in [0.25, 0.3) is 0 Å². The van der Waals surface area contributed by atoms with Crippen molar-refractivity contribution < 1.29 is 9.78 Å². The highest BCUT2D eigenvalue weighted by Gasteiger charge is 2.56. The molecule has 0 N–H and O–H groups in total. The molecule has 0 aromatic rings. The summed E-state index contributed by atoms with van der Waals surface area (Å²) in [5.74, 6) is 0. The third-order valence-corrected chi connectivity index (χ3v) is 12.6. The maximum absolute atomic E-state index is 6.30. The summed E-state index contributed by atoms with van der Waals surface area (Å²) in [6.45, 7) is 29.9. The van der Waals surface area contributed by atoms with Gasteiger partial charge in [-0.3, -0.25) is 0 Å². The summed E-state index contributed by atoms with van der Waals surface area (Å²) in [6, 6.07) is 0. The van der Waals surface area contributed by atoms with E-state index in [1.807, 2.05) is 0 Å². The van der Waals surface area contributed by atoms with Crippen LogP contribution in [0.25, 0.3) is 0 Å². The molecule has 38 heavy (non-hydrogen) atoms. The Labute approximate surface area is 240 Å². The van der Waals surface area contributed by atoms with Gasteiger partial charge in [-0.05, 0) is 110 Å². The second-order valence-electron chi connectivity index (χ2n) is 16.3. The Morgan fingerprint density at radius 1 is 0.447 bits per heavy atom. The van der Waals surface area contributed by atoms with Gasteiger partial charge in [0.05, 0.1) is 12.2 Å². The predicted molar refractivity (Wildman–Crippen MR) is 166 cm³/mol. The third-order valence-electron chi connectivity index (χ3n) is 12.6. The van der Waals surface area contributed by atoms with Crippen LogP contribution >= 0.6 is 0 Å². The van der Waals surface area contributed by atoms with E-state index >= 15 is 0 Å². The molecule has 0 amide bonds. The third kappa shape index (κ3) is 6.69.